The maximum atomic E-state index is 3.97. The highest BCUT2D eigenvalue weighted by atomic mass is 32.1. The monoisotopic (exact) mass is 129 g/mol. The van der Waals surface area contributed by atoms with Crippen molar-refractivity contribution in [3.63, 3.8) is 0 Å². The molecule has 0 aliphatic carbocycles. The van der Waals surface area contributed by atoms with Crippen LogP contribution >= 0.6 is 12.6 Å². The van der Waals surface area contributed by atoms with Gasteiger partial charge in [0.1, 0.15) is 0 Å². The zero-order valence-corrected chi connectivity index (χ0v) is 5.94. The fourth-order valence-electron chi connectivity index (χ4n) is 0.288. The third kappa shape index (κ3) is 5.76. The van der Waals surface area contributed by atoms with Crippen molar-refractivity contribution in [1.29, 1.82) is 0 Å². The molecule has 0 aliphatic rings. The minimum absolute atomic E-state index is 0.787. The molecular weight excluding hydrogens is 118 g/mol. The molecule has 0 atom stereocenters. The van der Waals surface area contributed by atoms with Gasteiger partial charge >= 0.3 is 0 Å². The Kier molecular flexibility index (Phi) is 6.56. The van der Waals surface area contributed by atoms with E-state index in [2.05, 4.69) is 17.6 Å². The van der Waals surface area contributed by atoms with Crippen LogP contribution in [0.3, 0.4) is 0 Å². The van der Waals surface area contributed by atoms with E-state index in [-0.39, 0.29) is 0 Å². The quantitative estimate of drug-likeness (QED) is 0.438. The zero-order chi connectivity index (χ0) is 6.24. The molecule has 0 radical (unpaired) electrons. The summed E-state index contributed by atoms with van der Waals surface area (Å²) in [6.07, 6.45) is 5.63. The van der Waals surface area contributed by atoms with Gasteiger partial charge in [-0.1, -0.05) is 6.08 Å². The average Bonchev–Trinajstić information content (AvgIpc) is 1.81. The normalized spacial score (nSPS) is 11.8. The van der Waals surface area contributed by atoms with Crippen molar-refractivity contribution in [2.75, 3.05) is 12.3 Å². The third-order valence-electron chi connectivity index (χ3n) is 0.616. The third-order valence-corrected chi connectivity index (χ3v) is 0.826. The van der Waals surface area contributed by atoms with E-state index in [0.29, 0.717) is 0 Å². The van der Waals surface area contributed by atoms with Gasteiger partial charge in [0.05, 0.1) is 0 Å². The summed E-state index contributed by atoms with van der Waals surface area (Å²) in [4.78, 5) is 3.96. The van der Waals surface area contributed by atoms with Crippen molar-refractivity contribution in [1.82, 2.24) is 0 Å². The van der Waals surface area contributed by atoms with Gasteiger partial charge in [-0.3, -0.25) is 4.99 Å². The molecule has 0 aromatic rings. The van der Waals surface area contributed by atoms with Crippen LogP contribution < -0.4 is 0 Å². The lowest BCUT2D eigenvalue weighted by Gasteiger charge is -1.74. The lowest BCUT2D eigenvalue weighted by Crippen LogP contribution is -1.68. The minimum atomic E-state index is 0.787. The second-order valence-corrected chi connectivity index (χ2v) is 1.62. The molecule has 0 unspecified atom stereocenters. The number of rotatable bonds is 3. The average molecular weight is 129 g/mol. The molecule has 0 aromatic heterocycles. The largest absolute Gasteiger partial charge is 0.293 e. The molecule has 0 N–H and O–H groups in total. The Balaban J connectivity index is 3.13. The van der Waals surface area contributed by atoms with E-state index in [9.17, 15) is 0 Å². The molecular formula is C6H11NS. The first kappa shape index (κ1) is 7.76. The highest BCUT2D eigenvalue weighted by Crippen LogP contribution is 1.74. The molecule has 0 aliphatic heterocycles. The minimum Gasteiger partial charge on any atom is -0.293 e. The van der Waals surface area contributed by atoms with Gasteiger partial charge in [-0.05, 0) is 13.0 Å². The number of allylic oxidation sites excluding steroid dienone is 1. The van der Waals surface area contributed by atoms with Crippen molar-refractivity contribution in [2.24, 2.45) is 4.99 Å². The first-order valence-electron chi connectivity index (χ1n) is 2.67. The van der Waals surface area contributed by atoms with Crippen LogP contribution in [0.2, 0.25) is 0 Å². The van der Waals surface area contributed by atoms with Gasteiger partial charge in [0.25, 0.3) is 0 Å². The topological polar surface area (TPSA) is 12.4 Å². The summed E-state index contributed by atoms with van der Waals surface area (Å²) in [6, 6.07) is 0. The van der Waals surface area contributed by atoms with Crippen LogP contribution in [0.15, 0.2) is 17.1 Å². The van der Waals surface area contributed by atoms with Gasteiger partial charge in [-0.25, -0.2) is 0 Å². The van der Waals surface area contributed by atoms with Crippen molar-refractivity contribution in [2.45, 2.75) is 6.92 Å². The van der Waals surface area contributed by atoms with Gasteiger partial charge < -0.3 is 0 Å². The standard InChI is InChI=1S/C6H11NS/c1-2-7-5-3-4-6-8/h3-5,8H,2,6H2,1H3/b4-3-,7-5?. The Morgan fingerprint density at radius 3 is 2.88 bits per heavy atom. The van der Waals surface area contributed by atoms with Crippen molar-refractivity contribution >= 4 is 18.8 Å². The fraction of sp³-hybridized carbons (Fsp3) is 0.500. The fourth-order valence-corrected chi connectivity index (χ4v) is 0.410. The van der Waals surface area contributed by atoms with E-state index >= 15 is 0 Å². The summed E-state index contributed by atoms with van der Waals surface area (Å²) in [5, 5.41) is 0. The molecule has 0 bridgehead atoms. The number of hydrogen-bond donors (Lipinski definition) is 1. The molecule has 0 saturated heterocycles. The van der Waals surface area contributed by atoms with E-state index in [0.717, 1.165) is 12.3 Å². The van der Waals surface area contributed by atoms with Gasteiger partial charge in [-0.2, -0.15) is 12.6 Å². The summed E-state index contributed by atoms with van der Waals surface area (Å²) in [7, 11) is 0. The predicted molar refractivity (Wildman–Crippen MR) is 42.0 cm³/mol. The Hall–Kier alpha value is -0.240. The molecule has 0 amide bonds. The highest BCUT2D eigenvalue weighted by Gasteiger charge is 1.62. The Labute approximate surface area is 55.9 Å². The molecule has 0 spiro atoms. The SMILES string of the molecule is CCN=C/C=C\CS. The molecule has 0 heterocycles. The molecule has 8 heavy (non-hydrogen) atoms. The van der Waals surface area contributed by atoms with E-state index in [1.807, 2.05) is 19.1 Å². The molecule has 0 rings (SSSR count). The van der Waals surface area contributed by atoms with Crippen molar-refractivity contribution in [3.05, 3.63) is 12.2 Å². The maximum Gasteiger partial charge on any atom is 0.0360 e. The summed E-state index contributed by atoms with van der Waals surface area (Å²) in [5.74, 6) is 0.787. The molecule has 2 heteroatoms. The van der Waals surface area contributed by atoms with E-state index in [4.69, 9.17) is 0 Å². The Morgan fingerprint density at radius 1 is 1.62 bits per heavy atom. The van der Waals surface area contributed by atoms with Crippen LogP contribution in [0.4, 0.5) is 0 Å². The molecule has 0 aromatic carbocycles. The molecule has 0 saturated carbocycles. The van der Waals surface area contributed by atoms with Crippen LogP contribution in [0.5, 0.6) is 0 Å². The molecule has 46 valence electrons. The van der Waals surface area contributed by atoms with Crippen molar-refractivity contribution < 1.29 is 0 Å². The van der Waals surface area contributed by atoms with Crippen LogP contribution in [-0.2, 0) is 0 Å². The molecule has 0 fully saturated rings. The first-order valence-corrected chi connectivity index (χ1v) is 3.31. The van der Waals surface area contributed by atoms with Crippen LogP contribution in [0.1, 0.15) is 6.92 Å². The summed E-state index contributed by atoms with van der Waals surface area (Å²) in [6.45, 7) is 2.86. The lowest BCUT2D eigenvalue weighted by molar-refractivity contribution is 1.14. The van der Waals surface area contributed by atoms with E-state index in [1.54, 1.807) is 6.21 Å². The first-order chi connectivity index (χ1) is 3.91. The van der Waals surface area contributed by atoms with Crippen molar-refractivity contribution in [3.8, 4) is 0 Å². The zero-order valence-electron chi connectivity index (χ0n) is 5.04. The Bertz CT molecular complexity index is 74.5. The second-order valence-electron chi connectivity index (χ2n) is 1.26. The van der Waals surface area contributed by atoms with Crippen LogP contribution in [-0.4, -0.2) is 18.5 Å². The Morgan fingerprint density at radius 2 is 2.38 bits per heavy atom. The van der Waals surface area contributed by atoms with E-state index in [1.165, 1.54) is 0 Å². The van der Waals surface area contributed by atoms with Crippen LogP contribution in [0, 0.1) is 0 Å². The number of hydrogen-bond acceptors (Lipinski definition) is 2. The molecule has 1 nitrogen and oxygen atoms in total. The van der Waals surface area contributed by atoms with Gasteiger partial charge in [0.15, 0.2) is 0 Å². The second kappa shape index (κ2) is 6.76. The lowest BCUT2D eigenvalue weighted by atomic mass is 10.5. The summed E-state index contributed by atoms with van der Waals surface area (Å²) >= 11 is 3.97. The van der Waals surface area contributed by atoms with Gasteiger partial charge in [-0.15, -0.1) is 0 Å². The smallest absolute Gasteiger partial charge is 0.0360 e. The number of nitrogens with zero attached hydrogens (tertiary/aromatic N) is 1. The van der Waals surface area contributed by atoms with Crippen LogP contribution in [0.25, 0.3) is 0 Å². The summed E-state index contributed by atoms with van der Waals surface area (Å²) in [5.41, 5.74) is 0. The van der Waals surface area contributed by atoms with Gasteiger partial charge in [0, 0.05) is 18.5 Å². The predicted octanol–water partition coefficient (Wildman–Crippen LogP) is 1.56. The maximum absolute atomic E-state index is 3.97. The highest BCUT2D eigenvalue weighted by molar-refractivity contribution is 7.80. The number of aliphatic imine (C=N–C) groups is 1. The summed E-state index contributed by atoms with van der Waals surface area (Å²) < 4.78 is 0. The van der Waals surface area contributed by atoms with E-state index < -0.39 is 0 Å². The number of thiol groups is 1. The van der Waals surface area contributed by atoms with Gasteiger partial charge in [0.2, 0.25) is 0 Å².